The third kappa shape index (κ3) is 3.05. The Morgan fingerprint density at radius 3 is 2.64 bits per heavy atom. The number of rotatable bonds is 4. The van der Waals surface area contributed by atoms with Crippen molar-refractivity contribution in [1.82, 2.24) is 9.55 Å². The number of nitrogens with one attached hydrogen (secondary N) is 1. The summed E-state index contributed by atoms with van der Waals surface area (Å²) in [5.74, 6) is -2.70. The second-order valence-corrected chi connectivity index (χ2v) is 5.27. The minimum absolute atomic E-state index is 0.240. The summed E-state index contributed by atoms with van der Waals surface area (Å²) >= 11 is 4.88. The van der Waals surface area contributed by atoms with Crippen molar-refractivity contribution in [3.8, 4) is 0 Å². The van der Waals surface area contributed by atoms with E-state index in [4.69, 9.17) is 22.4 Å². The van der Waals surface area contributed by atoms with Crippen molar-refractivity contribution in [3.05, 3.63) is 44.8 Å². The van der Waals surface area contributed by atoms with E-state index < -0.39 is 34.7 Å². The van der Waals surface area contributed by atoms with Gasteiger partial charge in [-0.3, -0.25) is 14.3 Å². The molecule has 0 aliphatic carbocycles. The van der Waals surface area contributed by atoms with Gasteiger partial charge in [0.25, 0.3) is 11.2 Å². The Morgan fingerprint density at radius 1 is 1.52 bits per heavy atom. The summed E-state index contributed by atoms with van der Waals surface area (Å²) < 4.78 is 49.8. The molecule has 1 unspecified atom stereocenters. The van der Waals surface area contributed by atoms with Gasteiger partial charge in [-0.15, -0.1) is 0 Å². The molecule has 2 aromatic heterocycles. The van der Waals surface area contributed by atoms with Crippen LogP contribution in [-0.4, -0.2) is 33.9 Å². The van der Waals surface area contributed by atoms with Crippen LogP contribution in [0.2, 0.25) is 0 Å². The molecule has 2 aromatic rings. The maximum absolute atomic E-state index is 13.4. The molecular weight excluding hydrogens is 367 g/mol. The van der Waals surface area contributed by atoms with E-state index in [0.717, 1.165) is 4.57 Å². The van der Waals surface area contributed by atoms with Crippen molar-refractivity contribution >= 4 is 24.0 Å². The number of aromatic nitrogens is 2. The summed E-state index contributed by atoms with van der Waals surface area (Å²) in [4.78, 5) is 25.6. The number of H-pyrrole nitrogens is 1. The Morgan fingerprint density at radius 2 is 2.16 bits per heavy atom. The third-order valence-corrected chi connectivity index (χ3v) is 3.71. The van der Waals surface area contributed by atoms with Crippen molar-refractivity contribution in [2.45, 2.75) is 18.3 Å². The predicted molar refractivity (Wildman–Crippen MR) is 80.1 cm³/mol. The molecule has 0 fully saturated rings. The van der Waals surface area contributed by atoms with Crippen molar-refractivity contribution < 1.29 is 32.2 Å². The van der Waals surface area contributed by atoms with Crippen LogP contribution in [-0.2, 0) is 21.7 Å². The Kier molecular flexibility index (Phi) is 4.77. The average Bonchev–Trinajstić information content (AvgIpc) is 3.02. The lowest BCUT2D eigenvalue weighted by molar-refractivity contribution is -0.267. The van der Waals surface area contributed by atoms with Crippen molar-refractivity contribution in [3.63, 3.8) is 0 Å². The first-order valence-electron chi connectivity index (χ1n) is 6.57. The number of halogens is 3. The average molecular weight is 379 g/mol. The monoisotopic (exact) mass is 379 g/mol. The van der Waals surface area contributed by atoms with E-state index in [2.05, 4.69) is 4.74 Å². The number of nitrogens with zero attached hydrogens (tertiary/aromatic N) is 1. The first-order valence-corrected chi connectivity index (χ1v) is 6.97. The Bertz CT molecular complexity index is 903. The molecule has 0 aromatic carbocycles. The molecule has 0 saturated carbocycles. The van der Waals surface area contributed by atoms with Crippen LogP contribution in [0.25, 0.3) is 0 Å². The van der Waals surface area contributed by atoms with Gasteiger partial charge in [-0.05, 0) is 24.4 Å². The highest BCUT2D eigenvalue weighted by atomic mass is 32.1. The maximum Gasteiger partial charge on any atom is 0.432 e. The number of aromatic amines is 1. The minimum Gasteiger partial charge on any atom is -0.467 e. The number of ether oxygens (including phenoxy) is 1. The van der Waals surface area contributed by atoms with E-state index in [1.807, 2.05) is 4.98 Å². The zero-order chi connectivity index (χ0) is 19.0. The summed E-state index contributed by atoms with van der Waals surface area (Å²) in [6, 6.07) is 3.00. The highest BCUT2D eigenvalue weighted by Gasteiger charge is 2.64. The number of carbonyl (C=O) groups excluding carboxylic acids is 1. The minimum atomic E-state index is -5.58. The Labute approximate surface area is 142 Å². The molecule has 25 heavy (non-hydrogen) atoms. The van der Waals surface area contributed by atoms with E-state index >= 15 is 0 Å². The number of aliphatic hydroxyl groups is 1. The van der Waals surface area contributed by atoms with E-state index in [-0.39, 0.29) is 17.1 Å². The lowest BCUT2D eigenvalue weighted by atomic mass is 9.94. The van der Waals surface area contributed by atoms with Crippen LogP contribution in [0.3, 0.4) is 0 Å². The molecule has 12 heteroatoms. The second kappa shape index (κ2) is 6.37. The van der Waals surface area contributed by atoms with Crippen molar-refractivity contribution in [2.75, 3.05) is 12.8 Å². The fourth-order valence-electron chi connectivity index (χ4n) is 2.16. The van der Waals surface area contributed by atoms with Crippen LogP contribution in [0.1, 0.15) is 11.3 Å². The van der Waals surface area contributed by atoms with Gasteiger partial charge < -0.3 is 20.0 Å². The topological polar surface area (TPSA) is 123 Å². The summed E-state index contributed by atoms with van der Waals surface area (Å²) in [7, 11) is 0.627. The van der Waals surface area contributed by atoms with Crippen molar-refractivity contribution in [2.24, 2.45) is 0 Å². The van der Waals surface area contributed by atoms with E-state index in [1.54, 1.807) is 0 Å². The molecule has 2 rings (SSSR count). The van der Waals surface area contributed by atoms with Gasteiger partial charge >= 0.3 is 12.1 Å². The number of esters is 1. The number of carbonyl (C=O) groups is 1. The highest BCUT2D eigenvalue weighted by Crippen LogP contribution is 2.40. The van der Waals surface area contributed by atoms with Crippen LogP contribution in [0.5, 0.6) is 0 Å². The van der Waals surface area contributed by atoms with Gasteiger partial charge in [0, 0.05) is 0 Å². The smallest absolute Gasteiger partial charge is 0.432 e. The van der Waals surface area contributed by atoms with Crippen LogP contribution >= 0.6 is 12.2 Å². The molecule has 0 amide bonds. The predicted octanol–water partition coefficient (Wildman–Crippen LogP) is 1.05. The lowest BCUT2D eigenvalue weighted by Gasteiger charge is -2.28. The first kappa shape index (κ1) is 18.7. The Balaban J connectivity index is 2.78. The zero-order valence-corrected chi connectivity index (χ0v) is 13.4. The number of hydrogen-bond donors (Lipinski definition) is 3. The fraction of sp³-hybridized carbons (Fsp3) is 0.308. The largest absolute Gasteiger partial charge is 0.467 e. The van der Waals surface area contributed by atoms with Gasteiger partial charge in [0.1, 0.15) is 17.1 Å². The molecule has 0 bridgehead atoms. The molecular formula is C13H12F3N3O5S. The highest BCUT2D eigenvalue weighted by molar-refractivity contribution is 7.71. The van der Waals surface area contributed by atoms with Crippen molar-refractivity contribution in [1.29, 1.82) is 0 Å². The van der Waals surface area contributed by atoms with E-state index in [9.17, 15) is 27.9 Å². The van der Waals surface area contributed by atoms with Crippen LogP contribution in [0, 0.1) is 4.77 Å². The molecule has 0 spiro atoms. The molecule has 4 N–H and O–H groups in total. The molecule has 8 nitrogen and oxygen atoms in total. The van der Waals surface area contributed by atoms with Gasteiger partial charge in [-0.2, -0.15) is 13.2 Å². The first-order chi connectivity index (χ1) is 11.5. The number of hydrogen-bond acceptors (Lipinski definition) is 7. The molecule has 0 saturated heterocycles. The lowest BCUT2D eigenvalue weighted by Crippen LogP contribution is -2.53. The number of methoxy groups -OCH3 is 1. The Hall–Kier alpha value is -2.60. The van der Waals surface area contributed by atoms with Gasteiger partial charge in [0.15, 0.2) is 4.77 Å². The SMILES string of the molecule is COC(=O)C(O)(c1c(N)n(Cc2ccco2)c(=S)[nH]c1=O)C(F)(F)F. The summed E-state index contributed by atoms with van der Waals surface area (Å²) in [6.07, 6.45) is -4.27. The zero-order valence-electron chi connectivity index (χ0n) is 12.6. The van der Waals surface area contributed by atoms with Crippen LogP contribution < -0.4 is 11.3 Å². The number of alkyl halides is 3. The van der Waals surface area contributed by atoms with Gasteiger partial charge in [0.05, 0.1) is 19.9 Å². The number of anilines is 1. The molecule has 1 atom stereocenters. The maximum atomic E-state index is 13.4. The summed E-state index contributed by atoms with van der Waals surface area (Å²) in [5.41, 5.74) is -1.53. The summed E-state index contributed by atoms with van der Waals surface area (Å²) in [5, 5.41) is 10.0. The van der Waals surface area contributed by atoms with Crippen LogP contribution in [0.15, 0.2) is 27.6 Å². The molecule has 2 heterocycles. The normalized spacial score (nSPS) is 14.1. The van der Waals surface area contributed by atoms with Crippen LogP contribution in [0.4, 0.5) is 19.0 Å². The summed E-state index contributed by atoms with van der Waals surface area (Å²) in [6.45, 7) is -0.240. The molecule has 0 radical (unpaired) electrons. The van der Waals surface area contributed by atoms with Gasteiger partial charge in [-0.25, -0.2) is 4.79 Å². The number of nitrogen functional groups attached to an aromatic ring is 1. The molecule has 136 valence electrons. The molecule has 0 aliphatic heterocycles. The van der Waals surface area contributed by atoms with E-state index in [1.165, 1.54) is 18.4 Å². The number of nitrogens with two attached hydrogens (primary N) is 1. The second-order valence-electron chi connectivity index (χ2n) is 4.88. The fourth-order valence-corrected chi connectivity index (χ4v) is 2.42. The standard InChI is InChI=1S/C13H12F3N3O5S/c1-23-10(21)12(22,13(14,15)16)7-8(17)19(11(25)18-9(7)20)5-6-3-2-4-24-6/h2-4,22H,5,17H2,1H3,(H,18,20,25). The quantitative estimate of drug-likeness (QED) is 0.536. The molecule has 0 aliphatic rings. The van der Waals surface area contributed by atoms with Gasteiger partial charge in [-0.1, -0.05) is 0 Å². The number of furan rings is 1. The third-order valence-electron chi connectivity index (χ3n) is 3.39. The van der Waals surface area contributed by atoms with Gasteiger partial charge in [0.2, 0.25) is 0 Å². The van der Waals surface area contributed by atoms with E-state index in [0.29, 0.717) is 7.11 Å².